The molecule has 1 aliphatic carbocycles. The van der Waals surface area contributed by atoms with Gasteiger partial charge in [-0.1, -0.05) is 44.2 Å². The molecule has 0 atom stereocenters. The molecule has 0 radical (unpaired) electrons. The lowest BCUT2D eigenvalue weighted by atomic mass is 9.97. The highest BCUT2D eigenvalue weighted by atomic mass is 32.2. The molecule has 21 heavy (non-hydrogen) atoms. The van der Waals surface area contributed by atoms with Gasteiger partial charge in [0.25, 0.3) is 0 Å². The van der Waals surface area contributed by atoms with E-state index in [4.69, 9.17) is 5.73 Å². The summed E-state index contributed by atoms with van der Waals surface area (Å²) in [5, 5.41) is 0. The zero-order valence-electron chi connectivity index (χ0n) is 12.8. The zero-order valence-corrected chi connectivity index (χ0v) is 13.6. The van der Waals surface area contributed by atoms with Crippen molar-refractivity contribution in [2.24, 2.45) is 5.73 Å². The van der Waals surface area contributed by atoms with Crippen molar-refractivity contribution in [3.63, 3.8) is 0 Å². The Morgan fingerprint density at radius 2 is 1.76 bits per heavy atom. The van der Waals surface area contributed by atoms with Crippen LogP contribution >= 0.6 is 0 Å². The van der Waals surface area contributed by atoms with E-state index in [0.717, 1.165) is 36.8 Å². The molecule has 0 amide bonds. The van der Waals surface area contributed by atoms with Gasteiger partial charge >= 0.3 is 0 Å². The second-order valence-corrected chi connectivity index (χ2v) is 7.65. The highest BCUT2D eigenvalue weighted by Crippen LogP contribution is 2.21. The molecule has 1 fully saturated rings. The van der Waals surface area contributed by atoms with Crippen LogP contribution in [0.4, 0.5) is 0 Å². The van der Waals surface area contributed by atoms with Gasteiger partial charge in [0, 0.05) is 12.6 Å². The first-order chi connectivity index (χ1) is 10.0. The zero-order chi connectivity index (χ0) is 15.3. The van der Waals surface area contributed by atoms with E-state index in [1.54, 1.807) is 6.07 Å². The summed E-state index contributed by atoms with van der Waals surface area (Å²) < 4.78 is 28.2. The van der Waals surface area contributed by atoms with E-state index >= 15 is 0 Å². The van der Waals surface area contributed by atoms with Gasteiger partial charge in [-0.15, -0.1) is 0 Å². The van der Waals surface area contributed by atoms with Gasteiger partial charge in [-0.25, -0.2) is 13.1 Å². The van der Waals surface area contributed by atoms with Gasteiger partial charge in [-0.3, -0.25) is 0 Å². The molecule has 5 heteroatoms. The van der Waals surface area contributed by atoms with Crippen molar-refractivity contribution in [1.29, 1.82) is 0 Å². The molecule has 0 heterocycles. The summed E-state index contributed by atoms with van der Waals surface area (Å²) >= 11 is 0. The van der Waals surface area contributed by atoms with Crippen molar-refractivity contribution in [2.75, 3.05) is 0 Å². The second-order valence-electron chi connectivity index (χ2n) is 5.97. The van der Waals surface area contributed by atoms with E-state index in [1.807, 2.05) is 19.1 Å². The van der Waals surface area contributed by atoms with Crippen molar-refractivity contribution >= 4 is 10.0 Å². The lowest BCUT2D eigenvalue weighted by molar-refractivity contribution is 0.426. The number of aryl methyl sites for hydroxylation is 1. The Morgan fingerprint density at radius 1 is 1.14 bits per heavy atom. The molecule has 0 aliphatic heterocycles. The standard InChI is InChI=1S/C16H26N2O2S/c1-13-9-10-14(12-17)11-16(13)21(19,20)18-15-7-5-3-2-4-6-8-15/h9-11,15,18H,2-8,12,17H2,1H3. The molecule has 3 N–H and O–H groups in total. The summed E-state index contributed by atoms with van der Waals surface area (Å²) in [5.41, 5.74) is 7.23. The number of hydrogen-bond acceptors (Lipinski definition) is 3. The minimum Gasteiger partial charge on any atom is -0.326 e. The fourth-order valence-corrected chi connectivity index (χ4v) is 4.52. The summed E-state index contributed by atoms with van der Waals surface area (Å²) in [5.74, 6) is 0. The minimum atomic E-state index is -3.46. The van der Waals surface area contributed by atoms with Gasteiger partial charge in [0.2, 0.25) is 10.0 Å². The topological polar surface area (TPSA) is 72.2 Å². The SMILES string of the molecule is Cc1ccc(CN)cc1S(=O)(=O)NC1CCCCCCC1. The first kappa shape index (κ1) is 16.5. The fourth-order valence-electron chi connectivity index (χ4n) is 2.92. The fraction of sp³-hybridized carbons (Fsp3) is 0.625. The number of hydrogen-bond donors (Lipinski definition) is 2. The molecule has 1 saturated carbocycles. The first-order valence-corrected chi connectivity index (χ1v) is 9.33. The van der Waals surface area contributed by atoms with Crippen LogP contribution in [0.15, 0.2) is 23.1 Å². The predicted molar refractivity (Wildman–Crippen MR) is 85.5 cm³/mol. The summed E-state index contributed by atoms with van der Waals surface area (Å²) in [6, 6.07) is 5.47. The molecular formula is C16H26N2O2S. The Kier molecular flexibility index (Phi) is 5.79. The smallest absolute Gasteiger partial charge is 0.241 e. The van der Waals surface area contributed by atoms with Gasteiger partial charge in [0.15, 0.2) is 0 Å². The van der Waals surface area contributed by atoms with Crippen LogP contribution in [0.25, 0.3) is 0 Å². The van der Waals surface area contributed by atoms with Crippen LogP contribution in [0.5, 0.6) is 0 Å². The monoisotopic (exact) mass is 310 g/mol. The molecular weight excluding hydrogens is 284 g/mol. The Labute approximate surface area is 128 Å². The average Bonchev–Trinajstić information content (AvgIpc) is 2.42. The van der Waals surface area contributed by atoms with Crippen LogP contribution in [-0.2, 0) is 16.6 Å². The molecule has 4 nitrogen and oxygen atoms in total. The highest BCUT2D eigenvalue weighted by molar-refractivity contribution is 7.89. The molecule has 1 aromatic carbocycles. The van der Waals surface area contributed by atoms with E-state index < -0.39 is 10.0 Å². The van der Waals surface area contributed by atoms with Crippen molar-refractivity contribution in [2.45, 2.75) is 69.4 Å². The van der Waals surface area contributed by atoms with Gasteiger partial charge in [-0.05, 0) is 37.0 Å². The van der Waals surface area contributed by atoms with Crippen molar-refractivity contribution in [3.05, 3.63) is 29.3 Å². The maximum absolute atomic E-state index is 12.6. The molecule has 1 aromatic rings. The van der Waals surface area contributed by atoms with E-state index in [1.165, 1.54) is 19.3 Å². The molecule has 118 valence electrons. The van der Waals surface area contributed by atoms with Crippen LogP contribution in [0, 0.1) is 6.92 Å². The van der Waals surface area contributed by atoms with Crippen molar-refractivity contribution in [3.8, 4) is 0 Å². The van der Waals surface area contributed by atoms with Gasteiger partial charge in [0.1, 0.15) is 0 Å². The molecule has 1 aliphatic rings. The third-order valence-electron chi connectivity index (χ3n) is 4.20. The van der Waals surface area contributed by atoms with E-state index in [9.17, 15) is 8.42 Å². The third kappa shape index (κ3) is 4.53. The molecule has 0 unspecified atom stereocenters. The molecule has 0 bridgehead atoms. The highest BCUT2D eigenvalue weighted by Gasteiger charge is 2.22. The largest absolute Gasteiger partial charge is 0.326 e. The lowest BCUT2D eigenvalue weighted by Gasteiger charge is -2.21. The maximum Gasteiger partial charge on any atom is 0.241 e. The number of nitrogens with one attached hydrogen (secondary N) is 1. The number of rotatable bonds is 4. The Hall–Kier alpha value is -0.910. The lowest BCUT2D eigenvalue weighted by Crippen LogP contribution is -2.35. The summed E-state index contributed by atoms with van der Waals surface area (Å²) in [6.07, 6.45) is 7.78. The van der Waals surface area contributed by atoms with Gasteiger partial charge in [-0.2, -0.15) is 0 Å². The van der Waals surface area contributed by atoms with E-state index in [0.29, 0.717) is 11.4 Å². The predicted octanol–water partition coefficient (Wildman–Crippen LogP) is 2.84. The minimum absolute atomic E-state index is 0.0660. The number of sulfonamides is 1. The first-order valence-electron chi connectivity index (χ1n) is 7.85. The Bertz CT molecular complexity index is 562. The third-order valence-corrected chi connectivity index (χ3v) is 5.87. The number of benzene rings is 1. The van der Waals surface area contributed by atoms with Gasteiger partial charge in [0.05, 0.1) is 4.90 Å². The Balaban J connectivity index is 2.17. The molecule has 0 spiro atoms. The van der Waals surface area contributed by atoms with Crippen LogP contribution in [0.2, 0.25) is 0 Å². The maximum atomic E-state index is 12.6. The van der Waals surface area contributed by atoms with Crippen LogP contribution in [-0.4, -0.2) is 14.5 Å². The van der Waals surface area contributed by atoms with E-state index in [-0.39, 0.29) is 6.04 Å². The van der Waals surface area contributed by atoms with Crippen LogP contribution in [0.3, 0.4) is 0 Å². The summed E-state index contributed by atoms with van der Waals surface area (Å²) in [6.45, 7) is 2.18. The Morgan fingerprint density at radius 3 is 2.38 bits per heavy atom. The van der Waals surface area contributed by atoms with E-state index in [2.05, 4.69) is 4.72 Å². The normalized spacial score (nSPS) is 18.2. The summed E-state index contributed by atoms with van der Waals surface area (Å²) in [4.78, 5) is 0.368. The molecule has 0 saturated heterocycles. The van der Waals surface area contributed by atoms with Crippen LogP contribution in [0.1, 0.15) is 56.1 Å². The second kappa shape index (κ2) is 7.38. The molecule has 2 rings (SSSR count). The number of nitrogens with two attached hydrogens (primary N) is 1. The quantitative estimate of drug-likeness (QED) is 0.898. The molecule has 0 aromatic heterocycles. The average molecular weight is 310 g/mol. The van der Waals surface area contributed by atoms with Crippen molar-refractivity contribution in [1.82, 2.24) is 4.72 Å². The van der Waals surface area contributed by atoms with Crippen LogP contribution < -0.4 is 10.5 Å². The van der Waals surface area contributed by atoms with Gasteiger partial charge < -0.3 is 5.73 Å². The summed E-state index contributed by atoms with van der Waals surface area (Å²) in [7, 11) is -3.46. The van der Waals surface area contributed by atoms with Crippen molar-refractivity contribution < 1.29 is 8.42 Å².